The summed E-state index contributed by atoms with van der Waals surface area (Å²) in [6.45, 7) is 3.70. The number of hydrogen-bond donors (Lipinski definition) is 0. The molecule has 1 amide bonds. The lowest BCUT2D eigenvalue weighted by molar-refractivity contribution is -0.132. The average molecular weight is 389 g/mol. The fraction of sp³-hybridized carbons (Fsp3) is 0.360. The maximum atomic E-state index is 12.8. The highest BCUT2D eigenvalue weighted by molar-refractivity contribution is 5.87. The van der Waals surface area contributed by atoms with Gasteiger partial charge in [-0.3, -0.25) is 9.78 Å². The van der Waals surface area contributed by atoms with Crippen molar-refractivity contribution in [3.05, 3.63) is 71.5 Å². The van der Waals surface area contributed by atoms with E-state index in [-0.39, 0.29) is 5.91 Å². The van der Waals surface area contributed by atoms with Gasteiger partial charge in [-0.25, -0.2) is 0 Å². The summed E-state index contributed by atoms with van der Waals surface area (Å²) in [6, 6.07) is 16.5. The Labute approximate surface area is 172 Å². The number of aryl methyl sites for hydroxylation is 2. The lowest BCUT2D eigenvalue weighted by atomic mass is 9.92. The van der Waals surface area contributed by atoms with Gasteiger partial charge in [-0.2, -0.15) is 0 Å². The van der Waals surface area contributed by atoms with E-state index in [0.29, 0.717) is 12.3 Å². The molecule has 1 fully saturated rings. The third-order valence-electron chi connectivity index (χ3n) is 6.03. The van der Waals surface area contributed by atoms with Crippen molar-refractivity contribution < 1.29 is 9.53 Å². The lowest BCUT2D eigenvalue weighted by Gasteiger charge is -2.32. The smallest absolute Gasteiger partial charge is 0.222 e. The minimum Gasteiger partial charge on any atom is -0.496 e. The van der Waals surface area contributed by atoms with Crippen LogP contribution in [0.3, 0.4) is 0 Å². The van der Waals surface area contributed by atoms with Crippen molar-refractivity contribution in [3.63, 3.8) is 0 Å². The van der Waals surface area contributed by atoms with Gasteiger partial charge in [0.15, 0.2) is 0 Å². The van der Waals surface area contributed by atoms with Gasteiger partial charge in [0.2, 0.25) is 5.91 Å². The molecule has 0 saturated carbocycles. The number of piperidine rings is 1. The highest BCUT2D eigenvalue weighted by Crippen LogP contribution is 2.31. The number of hydrogen-bond acceptors (Lipinski definition) is 3. The Balaban J connectivity index is 1.47. The molecule has 1 unspecified atom stereocenters. The van der Waals surface area contributed by atoms with Crippen LogP contribution in [-0.2, 0) is 11.2 Å². The van der Waals surface area contributed by atoms with Crippen molar-refractivity contribution in [2.45, 2.75) is 38.5 Å². The molecule has 1 aromatic heterocycles. The number of nitrogens with zero attached hydrogens (tertiary/aromatic N) is 2. The molecule has 4 heteroatoms. The maximum absolute atomic E-state index is 12.8. The fourth-order valence-corrected chi connectivity index (χ4v) is 4.31. The van der Waals surface area contributed by atoms with E-state index < -0.39 is 0 Å². The predicted octanol–water partition coefficient (Wildman–Crippen LogP) is 4.89. The number of pyridine rings is 1. The van der Waals surface area contributed by atoms with Gasteiger partial charge in [-0.05, 0) is 60.9 Å². The van der Waals surface area contributed by atoms with Crippen LogP contribution in [0.25, 0.3) is 10.8 Å². The SMILES string of the molecule is COc1ccc2cnc(C3CCCN(C(=O)CCc4ccccc4)C3)cc2c1C. The first kappa shape index (κ1) is 19.4. The van der Waals surface area contributed by atoms with Gasteiger partial charge in [0.05, 0.1) is 7.11 Å². The van der Waals surface area contributed by atoms with Crippen molar-refractivity contribution in [2.75, 3.05) is 20.2 Å². The van der Waals surface area contributed by atoms with E-state index >= 15 is 0 Å². The molecule has 29 heavy (non-hydrogen) atoms. The maximum Gasteiger partial charge on any atom is 0.222 e. The number of aromatic nitrogens is 1. The highest BCUT2D eigenvalue weighted by Gasteiger charge is 2.25. The Kier molecular flexibility index (Phi) is 5.79. The van der Waals surface area contributed by atoms with Crippen molar-refractivity contribution in [2.24, 2.45) is 0 Å². The number of carbonyl (C=O) groups is 1. The first-order valence-corrected chi connectivity index (χ1v) is 10.4. The van der Waals surface area contributed by atoms with E-state index in [2.05, 4.69) is 31.2 Å². The summed E-state index contributed by atoms with van der Waals surface area (Å²) in [6.07, 6.45) is 5.42. The molecule has 3 aromatic rings. The molecule has 1 aliphatic heterocycles. The monoisotopic (exact) mass is 388 g/mol. The molecule has 150 valence electrons. The van der Waals surface area contributed by atoms with E-state index in [0.717, 1.165) is 54.7 Å². The molecule has 1 aliphatic rings. The van der Waals surface area contributed by atoms with Crippen molar-refractivity contribution in [3.8, 4) is 5.75 Å². The Hall–Kier alpha value is -2.88. The van der Waals surface area contributed by atoms with Crippen LogP contribution in [0.15, 0.2) is 54.7 Å². The summed E-state index contributed by atoms with van der Waals surface area (Å²) in [4.78, 5) is 19.6. The number of likely N-dealkylation sites (tertiary alicyclic amines) is 1. The highest BCUT2D eigenvalue weighted by atomic mass is 16.5. The molecule has 0 spiro atoms. The molecule has 1 atom stereocenters. The Morgan fingerprint density at radius 2 is 2.03 bits per heavy atom. The number of benzene rings is 2. The van der Waals surface area contributed by atoms with Gasteiger partial charge in [0.25, 0.3) is 0 Å². The number of amides is 1. The molecule has 0 radical (unpaired) electrons. The van der Waals surface area contributed by atoms with Gasteiger partial charge in [0.1, 0.15) is 5.75 Å². The van der Waals surface area contributed by atoms with Gasteiger partial charge in [-0.1, -0.05) is 30.3 Å². The molecule has 1 saturated heterocycles. The van der Waals surface area contributed by atoms with E-state index in [9.17, 15) is 4.79 Å². The lowest BCUT2D eigenvalue weighted by Crippen LogP contribution is -2.39. The summed E-state index contributed by atoms with van der Waals surface area (Å²) >= 11 is 0. The summed E-state index contributed by atoms with van der Waals surface area (Å²) < 4.78 is 5.48. The molecule has 4 nitrogen and oxygen atoms in total. The van der Waals surface area contributed by atoms with Gasteiger partial charge in [0, 0.05) is 42.7 Å². The van der Waals surface area contributed by atoms with Crippen molar-refractivity contribution in [1.82, 2.24) is 9.88 Å². The quantitative estimate of drug-likeness (QED) is 0.625. The van der Waals surface area contributed by atoms with Crippen LogP contribution < -0.4 is 4.74 Å². The average Bonchev–Trinajstić information content (AvgIpc) is 2.78. The molecular formula is C25H28N2O2. The summed E-state index contributed by atoms with van der Waals surface area (Å²) in [5.41, 5.74) is 3.43. The number of ether oxygens (including phenoxy) is 1. The largest absolute Gasteiger partial charge is 0.496 e. The standard InChI is InChI=1S/C25H28N2O2/c1-18-22-15-23(26-16-20(22)11-12-24(18)29-2)21-9-6-14-27(17-21)25(28)13-10-19-7-4-3-5-8-19/h3-5,7-8,11-12,15-16,21H,6,9-10,13-14,17H2,1-2H3. The summed E-state index contributed by atoms with van der Waals surface area (Å²) in [5, 5.41) is 2.31. The van der Waals surface area contributed by atoms with Gasteiger partial charge < -0.3 is 9.64 Å². The normalized spacial score (nSPS) is 16.8. The molecule has 0 bridgehead atoms. The summed E-state index contributed by atoms with van der Waals surface area (Å²) in [5.74, 6) is 1.44. The van der Waals surface area contributed by atoms with E-state index in [4.69, 9.17) is 9.72 Å². The second-order valence-corrected chi connectivity index (χ2v) is 7.89. The molecule has 4 rings (SSSR count). The molecule has 2 aromatic carbocycles. The third kappa shape index (κ3) is 4.26. The van der Waals surface area contributed by atoms with Crippen LogP contribution in [0.4, 0.5) is 0 Å². The van der Waals surface area contributed by atoms with Crippen molar-refractivity contribution >= 4 is 16.7 Å². The second kappa shape index (κ2) is 8.64. The van der Waals surface area contributed by atoms with E-state index in [1.54, 1.807) is 7.11 Å². The third-order valence-corrected chi connectivity index (χ3v) is 6.03. The van der Waals surface area contributed by atoms with Gasteiger partial charge in [-0.15, -0.1) is 0 Å². The number of methoxy groups -OCH3 is 1. The second-order valence-electron chi connectivity index (χ2n) is 7.89. The first-order valence-electron chi connectivity index (χ1n) is 10.4. The number of carbonyl (C=O) groups excluding carboxylic acids is 1. The predicted molar refractivity (Wildman–Crippen MR) is 116 cm³/mol. The Bertz CT molecular complexity index is 1000. The number of rotatable bonds is 5. The van der Waals surface area contributed by atoms with E-state index in [1.807, 2.05) is 35.4 Å². The van der Waals surface area contributed by atoms with Gasteiger partial charge >= 0.3 is 0 Å². The van der Waals surface area contributed by atoms with Crippen molar-refractivity contribution in [1.29, 1.82) is 0 Å². The zero-order chi connectivity index (χ0) is 20.2. The van der Waals surface area contributed by atoms with Crippen LogP contribution in [0.2, 0.25) is 0 Å². The minimum atomic E-state index is 0.247. The zero-order valence-corrected chi connectivity index (χ0v) is 17.2. The molecule has 2 heterocycles. The van der Waals surface area contributed by atoms with Crippen LogP contribution >= 0.6 is 0 Å². The molecule has 0 aliphatic carbocycles. The van der Waals surface area contributed by atoms with Crippen LogP contribution in [0, 0.1) is 6.92 Å². The Morgan fingerprint density at radius 1 is 1.21 bits per heavy atom. The van der Waals surface area contributed by atoms with Crippen LogP contribution in [0.5, 0.6) is 5.75 Å². The minimum absolute atomic E-state index is 0.247. The first-order chi connectivity index (χ1) is 14.2. The number of fused-ring (bicyclic) bond motifs is 1. The van der Waals surface area contributed by atoms with Crippen LogP contribution in [0.1, 0.15) is 42.0 Å². The Morgan fingerprint density at radius 3 is 2.83 bits per heavy atom. The molecular weight excluding hydrogens is 360 g/mol. The molecule has 0 N–H and O–H groups in total. The fourth-order valence-electron chi connectivity index (χ4n) is 4.31. The summed E-state index contributed by atoms with van der Waals surface area (Å²) in [7, 11) is 1.70. The topological polar surface area (TPSA) is 42.4 Å². The van der Waals surface area contributed by atoms with E-state index in [1.165, 1.54) is 10.9 Å². The van der Waals surface area contributed by atoms with Crippen LogP contribution in [-0.4, -0.2) is 36.0 Å². The zero-order valence-electron chi connectivity index (χ0n) is 17.2.